The van der Waals surface area contributed by atoms with E-state index in [4.69, 9.17) is 4.74 Å². The van der Waals surface area contributed by atoms with E-state index in [-0.39, 0.29) is 23.1 Å². The monoisotopic (exact) mass is 441 g/mol. The molecule has 2 aromatic rings. The van der Waals surface area contributed by atoms with E-state index in [1.54, 1.807) is 0 Å². The van der Waals surface area contributed by atoms with Crippen LogP contribution in [-0.4, -0.2) is 47.8 Å². The zero-order valence-corrected chi connectivity index (χ0v) is 17.6. The van der Waals surface area contributed by atoms with E-state index in [9.17, 15) is 9.90 Å². The number of esters is 1. The Balaban J connectivity index is 0.00000192. The Morgan fingerprint density at radius 3 is 1.93 bits per heavy atom. The fourth-order valence-corrected chi connectivity index (χ4v) is 5.05. The normalized spacial score (nSPS) is 27.5. The smallest absolute Gasteiger partial charge is 0.348 e. The third-order valence-electron chi connectivity index (χ3n) is 6.77. The number of carbonyl (C=O) groups is 1. The molecule has 0 radical (unpaired) electrons. The summed E-state index contributed by atoms with van der Waals surface area (Å²) in [6.07, 6.45) is 5.91. The number of halogens is 1. The Labute approximate surface area is 175 Å². The summed E-state index contributed by atoms with van der Waals surface area (Å²) in [5.41, 5.74) is 1.29. The molecule has 0 amide bonds. The highest BCUT2D eigenvalue weighted by Gasteiger charge is 2.52. The van der Waals surface area contributed by atoms with Crippen LogP contribution in [0.2, 0.25) is 0 Å². The Kier molecular flexibility index (Phi) is 4.53. The van der Waals surface area contributed by atoms with Crippen molar-refractivity contribution in [3.8, 4) is 11.1 Å². The van der Waals surface area contributed by atoms with E-state index < -0.39 is 11.6 Å². The number of fused-ring (bicyclic) bond motifs is 5. The molecule has 5 rings (SSSR count). The maximum absolute atomic E-state index is 13.3. The van der Waals surface area contributed by atoms with Crippen LogP contribution >= 0.6 is 0 Å². The predicted octanol–water partition coefficient (Wildman–Crippen LogP) is -0.00410. The van der Waals surface area contributed by atoms with E-state index in [1.165, 1.54) is 0 Å². The lowest BCUT2D eigenvalue weighted by atomic mass is 9.91. The summed E-state index contributed by atoms with van der Waals surface area (Å²) in [5, 5.41) is 11.6. The number of hydrogen-bond acceptors (Lipinski definition) is 3. The fraction of sp³-hybridized carbons (Fsp3) is 0.348. The second-order valence-electron chi connectivity index (χ2n) is 8.45. The zero-order chi connectivity index (χ0) is 18.8. The van der Waals surface area contributed by atoms with Gasteiger partial charge in [0.1, 0.15) is 18.2 Å². The second-order valence-corrected chi connectivity index (χ2v) is 8.45. The number of quaternary nitrogens is 1. The summed E-state index contributed by atoms with van der Waals surface area (Å²) in [6, 6.07) is 15.8. The predicted molar refractivity (Wildman–Crippen MR) is 103 cm³/mol. The van der Waals surface area contributed by atoms with Gasteiger partial charge in [0.05, 0.1) is 14.1 Å². The first-order valence-corrected chi connectivity index (χ1v) is 9.57. The van der Waals surface area contributed by atoms with Crippen LogP contribution in [0.5, 0.6) is 0 Å². The van der Waals surface area contributed by atoms with Crippen molar-refractivity contribution < 1.29 is 36.1 Å². The van der Waals surface area contributed by atoms with Gasteiger partial charge in [0.15, 0.2) is 0 Å². The van der Waals surface area contributed by atoms with Crippen LogP contribution < -0.4 is 17.0 Å². The van der Waals surface area contributed by atoms with Gasteiger partial charge in [0.25, 0.3) is 0 Å². The minimum Gasteiger partial charge on any atom is -1.00 e. The number of benzene rings is 2. The van der Waals surface area contributed by atoms with Gasteiger partial charge < -0.3 is 31.3 Å². The van der Waals surface area contributed by atoms with Gasteiger partial charge in [-0.15, -0.1) is 0 Å². The SMILES string of the molecule is C[N+]1(C)[C@@H]2C=C[C@H]1CC(OC(=O)C1(O)c3ccccc3-c3ccccc31)C2.[Br-]. The number of likely N-dealkylation sites (N-methyl/N-ethyl adjacent to an activating group) is 1. The summed E-state index contributed by atoms with van der Waals surface area (Å²) >= 11 is 0. The first-order valence-electron chi connectivity index (χ1n) is 9.57. The van der Waals surface area contributed by atoms with Gasteiger partial charge in [-0.2, -0.15) is 0 Å². The summed E-state index contributed by atoms with van der Waals surface area (Å²) in [5.74, 6) is -0.559. The van der Waals surface area contributed by atoms with Gasteiger partial charge in [-0.25, -0.2) is 4.79 Å². The molecule has 1 N–H and O–H groups in total. The summed E-state index contributed by atoms with van der Waals surface area (Å²) in [6.45, 7) is 0. The Bertz CT molecular complexity index is 904. The van der Waals surface area contributed by atoms with Crippen LogP contribution in [0.4, 0.5) is 0 Å². The molecule has 1 fully saturated rings. The van der Waals surface area contributed by atoms with E-state index in [1.807, 2.05) is 48.5 Å². The quantitative estimate of drug-likeness (QED) is 0.405. The number of rotatable bonds is 2. The van der Waals surface area contributed by atoms with Gasteiger partial charge in [0, 0.05) is 24.0 Å². The van der Waals surface area contributed by atoms with Crippen molar-refractivity contribution in [2.45, 2.75) is 36.6 Å². The van der Waals surface area contributed by atoms with Gasteiger partial charge in [-0.3, -0.25) is 0 Å². The Hall–Kier alpha value is -1.95. The number of aliphatic hydroxyl groups is 1. The average Bonchev–Trinajstić information content (AvgIpc) is 2.96. The van der Waals surface area contributed by atoms with E-state index in [0.29, 0.717) is 23.2 Å². The molecule has 28 heavy (non-hydrogen) atoms. The zero-order valence-electron chi connectivity index (χ0n) is 16.0. The molecule has 1 unspecified atom stereocenters. The average molecular weight is 442 g/mol. The van der Waals surface area contributed by atoms with Crippen LogP contribution in [0.3, 0.4) is 0 Å². The summed E-state index contributed by atoms with van der Waals surface area (Å²) < 4.78 is 6.85. The molecule has 2 heterocycles. The van der Waals surface area contributed by atoms with Crippen LogP contribution in [0, 0.1) is 0 Å². The van der Waals surface area contributed by atoms with Crippen molar-refractivity contribution in [1.29, 1.82) is 0 Å². The molecule has 4 nitrogen and oxygen atoms in total. The van der Waals surface area contributed by atoms with Gasteiger partial charge in [-0.05, 0) is 23.3 Å². The minimum atomic E-state index is -1.73. The molecular weight excluding hydrogens is 418 g/mol. The standard InChI is InChI=1S/C23H24NO3.BrH/c1-24(2)15-11-12-16(24)14-17(13-15)27-22(25)23(26)20-9-5-3-7-18(20)19-8-4-6-10-21(19)23;/h3-12,15-17,26H,13-14H2,1-2H3;1H/q+1;/p-1/t15-,16+,17?;. The molecule has 1 saturated heterocycles. The third-order valence-corrected chi connectivity index (χ3v) is 6.77. The summed E-state index contributed by atoms with van der Waals surface area (Å²) in [7, 11) is 4.45. The van der Waals surface area contributed by atoms with Crippen LogP contribution in [0.15, 0.2) is 60.7 Å². The minimum absolute atomic E-state index is 0. The van der Waals surface area contributed by atoms with Crippen molar-refractivity contribution >= 4 is 5.97 Å². The lowest BCUT2D eigenvalue weighted by Crippen LogP contribution is -3.00. The number of nitrogens with zero attached hydrogens (tertiary/aromatic N) is 1. The molecule has 0 spiro atoms. The lowest BCUT2D eigenvalue weighted by Gasteiger charge is -2.44. The molecular formula is C23H24BrNO3. The van der Waals surface area contributed by atoms with Crippen LogP contribution in [0.25, 0.3) is 11.1 Å². The number of ether oxygens (including phenoxy) is 1. The van der Waals surface area contributed by atoms with Gasteiger partial charge in [-0.1, -0.05) is 48.5 Å². The maximum atomic E-state index is 13.3. The van der Waals surface area contributed by atoms with Crippen molar-refractivity contribution in [2.75, 3.05) is 14.1 Å². The first kappa shape index (κ1) is 19.4. The van der Waals surface area contributed by atoms with Crippen LogP contribution in [-0.2, 0) is 15.1 Å². The van der Waals surface area contributed by atoms with Crippen molar-refractivity contribution in [3.63, 3.8) is 0 Å². The third kappa shape index (κ3) is 2.53. The fourth-order valence-electron chi connectivity index (χ4n) is 5.05. The first-order chi connectivity index (χ1) is 12.9. The maximum Gasteiger partial charge on any atom is 0.348 e. The van der Waals surface area contributed by atoms with Gasteiger partial charge >= 0.3 is 5.97 Å². The lowest BCUT2D eigenvalue weighted by molar-refractivity contribution is -0.926. The molecule has 2 aromatic carbocycles. The van der Waals surface area contributed by atoms with E-state index in [2.05, 4.69) is 26.2 Å². The Morgan fingerprint density at radius 1 is 0.964 bits per heavy atom. The molecule has 1 aliphatic carbocycles. The van der Waals surface area contributed by atoms with Crippen molar-refractivity contribution in [1.82, 2.24) is 0 Å². The van der Waals surface area contributed by atoms with E-state index in [0.717, 1.165) is 28.5 Å². The van der Waals surface area contributed by atoms with Crippen molar-refractivity contribution in [2.24, 2.45) is 0 Å². The topological polar surface area (TPSA) is 46.5 Å². The summed E-state index contributed by atoms with van der Waals surface area (Å²) in [4.78, 5) is 13.3. The Morgan fingerprint density at radius 2 is 1.43 bits per heavy atom. The van der Waals surface area contributed by atoms with E-state index >= 15 is 0 Å². The molecule has 3 aliphatic rings. The molecule has 0 saturated carbocycles. The number of hydrogen-bond donors (Lipinski definition) is 1. The largest absolute Gasteiger partial charge is 1.00 e. The second kappa shape index (κ2) is 6.55. The molecule has 2 bridgehead atoms. The molecule has 5 heteroatoms. The molecule has 0 aromatic heterocycles. The molecule has 3 atom stereocenters. The highest BCUT2D eigenvalue weighted by atomic mass is 79.9. The molecule has 146 valence electrons. The van der Waals surface area contributed by atoms with Crippen LogP contribution in [0.1, 0.15) is 24.0 Å². The number of piperidine rings is 1. The van der Waals surface area contributed by atoms with Gasteiger partial charge in [0.2, 0.25) is 5.60 Å². The highest BCUT2D eigenvalue weighted by molar-refractivity contribution is 5.96. The van der Waals surface area contributed by atoms with Crippen molar-refractivity contribution in [3.05, 3.63) is 71.8 Å². The highest BCUT2D eigenvalue weighted by Crippen LogP contribution is 2.48. The molecule has 2 aliphatic heterocycles. The number of carbonyl (C=O) groups excluding carboxylic acids is 1.